The predicted molar refractivity (Wildman–Crippen MR) is 141 cm³/mol. The molecule has 3 atom stereocenters. The third-order valence-corrected chi connectivity index (χ3v) is 8.87. The lowest BCUT2D eigenvalue weighted by atomic mass is 9.84. The molecule has 0 aromatic heterocycles. The molecule has 1 N–H and O–H groups in total. The zero-order valence-electron chi connectivity index (χ0n) is 21.9. The fraction of sp³-hybridized carbons (Fsp3) is 0.500. The van der Waals surface area contributed by atoms with Gasteiger partial charge in [-0.2, -0.15) is 0 Å². The van der Waals surface area contributed by atoms with E-state index in [4.69, 9.17) is 14.2 Å². The van der Waals surface area contributed by atoms with Crippen LogP contribution in [-0.4, -0.2) is 72.0 Å². The first kappa shape index (κ1) is 24.5. The van der Waals surface area contributed by atoms with Crippen molar-refractivity contribution in [1.29, 1.82) is 0 Å². The first-order chi connectivity index (χ1) is 19.0. The molecule has 9 nitrogen and oxygen atoms in total. The van der Waals surface area contributed by atoms with Crippen LogP contribution < -0.4 is 19.5 Å². The van der Waals surface area contributed by atoms with Crippen LogP contribution in [0.2, 0.25) is 0 Å². The minimum absolute atomic E-state index is 0.0985. The number of hydrogen-bond acceptors (Lipinski definition) is 7. The first-order valence-electron chi connectivity index (χ1n) is 14.1. The molecule has 9 heteroatoms. The minimum atomic E-state index is -0.608. The maximum absolute atomic E-state index is 13.0. The zero-order valence-corrected chi connectivity index (χ0v) is 21.9. The van der Waals surface area contributed by atoms with Crippen molar-refractivity contribution >= 4 is 17.7 Å². The summed E-state index contributed by atoms with van der Waals surface area (Å²) in [4.78, 5) is 41.1. The lowest BCUT2D eigenvalue weighted by Crippen LogP contribution is -2.57. The number of rotatable bonds is 5. The third-order valence-electron chi connectivity index (χ3n) is 8.87. The maximum atomic E-state index is 13.0. The molecule has 0 radical (unpaired) electrons. The van der Waals surface area contributed by atoms with Crippen LogP contribution in [0.5, 0.6) is 17.2 Å². The zero-order chi connectivity index (χ0) is 26.5. The van der Waals surface area contributed by atoms with Crippen LogP contribution in [0.4, 0.5) is 0 Å². The molecule has 5 aliphatic rings. The molecule has 0 spiro atoms. The summed E-state index contributed by atoms with van der Waals surface area (Å²) in [5.41, 5.74) is 2.78. The number of likely N-dealkylation sites (tertiary alicyclic amines) is 1. The van der Waals surface area contributed by atoms with E-state index in [1.165, 1.54) is 12.0 Å². The molecule has 2 saturated heterocycles. The quantitative estimate of drug-likeness (QED) is 0.593. The van der Waals surface area contributed by atoms with Crippen LogP contribution in [0, 0.1) is 0 Å². The monoisotopic (exact) mass is 531 g/mol. The molecule has 7 rings (SSSR count). The Bertz CT molecular complexity index is 1320. The molecule has 1 saturated carbocycles. The summed E-state index contributed by atoms with van der Waals surface area (Å²) in [6.07, 6.45) is 5.18. The second-order valence-electron chi connectivity index (χ2n) is 11.3. The highest BCUT2D eigenvalue weighted by Gasteiger charge is 2.41. The summed E-state index contributed by atoms with van der Waals surface area (Å²) in [7, 11) is 0. The molecular weight excluding hydrogens is 498 g/mol. The van der Waals surface area contributed by atoms with Gasteiger partial charge in [-0.05, 0) is 67.1 Å². The molecule has 4 heterocycles. The number of nitrogens with zero attached hydrogens (tertiary/aromatic N) is 2. The second kappa shape index (κ2) is 9.86. The maximum Gasteiger partial charge on any atom is 0.255 e. The van der Waals surface area contributed by atoms with E-state index in [2.05, 4.69) is 22.3 Å². The van der Waals surface area contributed by atoms with E-state index >= 15 is 0 Å². The van der Waals surface area contributed by atoms with E-state index in [1.54, 1.807) is 4.90 Å². The molecule has 2 aromatic rings. The van der Waals surface area contributed by atoms with Crippen molar-refractivity contribution in [3.8, 4) is 17.2 Å². The number of ether oxygens (including phenoxy) is 3. The van der Waals surface area contributed by atoms with Crippen LogP contribution in [0.3, 0.4) is 0 Å². The smallest absolute Gasteiger partial charge is 0.255 e. The van der Waals surface area contributed by atoms with Gasteiger partial charge < -0.3 is 19.1 Å². The number of piperidine rings is 1. The van der Waals surface area contributed by atoms with Gasteiger partial charge in [-0.3, -0.25) is 24.6 Å². The van der Waals surface area contributed by atoms with Crippen LogP contribution in [0.1, 0.15) is 65.9 Å². The Kier molecular flexibility index (Phi) is 6.18. The predicted octanol–water partition coefficient (Wildman–Crippen LogP) is 3.01. The summed E-state index contributed by atoms with van der Waals surface area (Å²) in [5.74, 6) is 2.10. The average molecular weight is 532 g/mol. The van der Waals surface area contributed by atoms with Crippen molar-refractivity contribution in [2.75, 3.05) is 26.3 Å². The highest BCUT2D eigenvalue weighted by Crippen LogP contribution is 2.39. The molecule has 1 unspecified atom stereocenters. The SMILES string of the molecule is O=C1CCC(N2Cc3cc(O[C@H]4CCCC[C@@H]4N4CC(c5ccc6c(c5)OCCO6)C4)ccc3C2=O)C(=O)N1. The fourth-order valence-electron chi connectivity index (χ4n) is 6.74. The summed E-state index contributed by atoms with van der Waals surface area (Å²) in [6.45, 7) is 3.56. The van der Waals surface area contributed by atoms with Crippen molar-refractivity contribution in [2.45, 2.75) is 69.2 Å². The van der Waals surface area contributed by atoms with Crippen LogP contribution >= 0.6 is 0 Å². The summed E-state index contributed by atoms with van der Waals surface area (Å²) >= 11 is 0. The Morgan fingerprint density at radius 3 is 2.56 bits per heavy atom. The van der Waals surface area contributed by atoms with Gasteiger partial charge in [0.05, 0.1) is 0 Å². The first-order valence-corrected chi connectivity index (χ1v) is 14.1. The Morgan fingerprint density at radius 2 is 1.72 bits per heavy atom. The average Bonchev–Trinajstić information content (AvgIpc) is 3.24. The number of benzene rings is 2. The fourth-order valence-corrected chi connectivity index (χ4v) is 6.74. The minimum Gasteiger partial charge on any atom is -0.489 e. The van der Waals surface area contributed by atoms with Crippen molar-refractivity contribution in [3.63, 3.8) is 0 Å². The Labute approximate surface area is 227 Å². The molecule has 4 aliphatic heterocycles. The van der Waals surface area contributed by atoms with Gasteiger partial charge in [-0.1, -0.05) is 12.5 Å². The van der Waals surface area contributed by atoms with E-state index in [0.29, 0.717) is 43.7 Å². The molecule has 39 heavy (non-hydrogen) atoms. The van der Waals surface area contributed by atoms with E-state index in [9.17, 15) is 14.4 Å². The van der Waals surface area contributed by atoms with Gasteiger partial charge in [-0.25, -0.2) is 0 Å². The highest BCUT2D eigenvalue weighted by molar-refractivity contribution is 6.05. The Balaban J connectivity index is 1.01. The number of carbonyl (C=O) groups is 3. The van der Waals surface area contributed by atoms with E-state index < -0.39 is 11.9 Å². The topological polar surface area (TPSA) is 97.4 Å². The van der Waals surface area contributed by atoms with Crippen molar-refractivity contribution < 1.29 is 28.6 Å². The van der Waals surface area contributed by atoms with Crippen molar-refractivity contribution in [1.82, 2.24) is 15.1 Å². The van der Waals surface area contributed by atoms with E-state index in [-0.39, 0.29) is 24.3 Å². The summed E-state index contributed by atoms with van der Waals surface area (Å²) in [6, 6.07) is 11.7. The number of amides is 3. The van der Waals surface area contributed by atoms with Crippen LogP contribution in [0.15, 0.2) is 36.4 Å². The van der Waals surface area contributed by atoms with Gasteiger partial charge in [0.2, 0.25) is 11.8 Å². The summed E-state index contributed by atoms with van der Waals surface area (Å²) < 4.78 is 18.0. The lowest BCUT2D eigenvalue weighted by molar-refractivity contribution is -0.136. The molecular formula is C30H33N3O6. The molecule has 2 aromatic carbocycles. The van der Waals surface area contributed by atoms with E-state index in [0.717, 1.165) is 55.2 Å². The standard InChI is InChI=1S/C30H33N3O6/c34-28-10-8-24(29(35)31-28)33-17-19-13-21(6-7-22(19)30(33)36)39-25-4-2-1-3-23(25)32-15-20(16-32)18-5-9-26-27(14-18)38-12-11-37-26/h5-7,9,13-14,20,23-25H,1-4,8,10-12,15-17H2,(H,31,34,35)/t23-,24?,25-/m0/s1. The summed E-state index contributed by atoms with van der Waals surface area (Å²) in [5, 5.41) is 2.36. The second-order valence-corrected chi connectivity index (χ2v) is 11.3. The third kappa shape index (κ3) is 4.52. The highest BCUT2D eigenvalue weighted by atomic mass is 16.6. The number of fused-ring (bicyclic) bond motifs is 2. The van der Waals surface area contributed by atoms with Gasteiger partial charge in [0, 0.05) is 43.6 Å². The van der Waals surface area contributed by atoms with Crippen LogP contribution in [-0.2, 0) is 16.1 Å². The Hall–Kier alpha value is -3.59. The normalized spacial score (nSPS) is 27.1. The largest absolute Gasteiger partial charge is 0.489 e. The van der Waals surface area contributed by atoms with Crippen molar-refractivity contribution in [2.24, 2.45) is 0 Å². The molecule has 1 aliphatic carbocycles. The molecule has 0 bridgehead atoms. The van der Waals surface area contributed by atoms with Gasteiger partial charge >= 0.3 is 0 Å². The number of hydrogen-bond donors (Lipinski definition) is 1. The van der Waals surface area contributed by atoms with Gasteiger partial charge in [0.15, 0.2) is 11.5 Å². The van der Waals surface area contributed by atoms with E-state index in [1.807, 2.05) is 24.3 Å². The molecule has 3 amide bonds. The molecule has 3 fully saturated rings. The Morgan fingerprint density at radius 1 is 0.897 bits per heavy atom. The lowest BCUT2D eigenvalue weighted by Gasteiger charge is -2.48. The molecule has 204 valence electrons. The van der Waals surface area contributed by atoms with Gasteiger partial charge in [0.25, 0.3) is 5.91 Å². The van der Waals surface area contributed by atoms with Crippen LogP contribution in [0.25, 0.3) is 0 Å². The number of imide groups is 1. The number of carbonyl (C=O) groups excluding carboxylic acids is 3. The van der Waals surface area contributed by atoms with Gasteiger partial charge in [0.1, 0.15) is 31.1 Å². The number of nitrogens with one attached hydrogen (secondary N) is 1. The van der Waals surface area contributed by atoms with Crippen molar-refractivity contribution in [3.05, 3.63) is 53.1 Å². The van der Waals surface area contributed by atoms with Gasteiger partial charge in [-0.15, -0.1) is 0 Å².